The molecule has 3 heteroatoms. The average Bonchev–Trinajstić information content (AvgIpc) is 2.53. The van der Waals surface area contributed by atoms with Crippen LogP contribution in [-0.4, -0.2) is 37.0 Å². The molecule has 1 heterocycles. The zero-order valence-corrected chi connectivity index (χ0v) is 12.5. The molecule has 0 saturated carbocycles. The number of hydrogen-bond acceptors (Lipinski definition) is 2. The minimum absolute atomic E-state index is 0.310. The third-order valence-corrected chi connectivity index (χ3v) is 4.04. The van der Waals surface area contributed by atoms with Crippen LogP contribution in [0.15, 0.2) is 30.3 Å². The second-order valence-corrected chi connectivity index (χ2v) is 5.71. The van der Waals surface area contributed by atoms with E-state index in [-0.39, 0.29) is 0 Å². The molecular weight excluding hydrogens is 248 g/mol. The summed E-state index contributed by atoms with van der Waals surface area (Å²) in [5.41, 5.74) is 1.35. The van der Waals surface area contributed by atoms with E-state index in [1.165, 1.54) is 24.8 Å². The van der Waals surface area contributed by atoms with Gasteiger partial charge in [-0.2, -0.15) is 0 Å². The molecule has 0 radical (unpaired) electrons. The molecule has 1 aliphatic rings. The van der Waals surface area contributed by atoms with Gasteiger partial charge in [-0.05, 0) is 30.7 Å². The molecule has 0 aromatic heterocycles. The maximum atomic E-state index is 12.0. The van der Waals surface area contributed by atoms with E-state index in [1.54, 1.807) is 0 Å². The predicted octanol–water partition coefficient (Wildman–Crippen LogP) is 2.78. The number of piperidine rings is 1. The molecule has 1 aromatic carbocycles. The third kappa shape index (κ3) is 4.64. The normalized spacial score (nSPS) is 16.9. The zero-order valence-electron chi connectivity index (χ0n) is 12.5. The molecular formula is C17H26N2O. The fraction of sp³-hybridized carbons (Fsp3) is 0.588. The Kier molecular flexibility index (Phi) is 6.06. The molecule has 1 aliphatic heterocycles. The summed E-state index contributed by atoms with van der Waals surface area (Å²) in [7, 11) is 0. The highest BCUT2D eigenvalue weighted by molar-refractivity contribution is 5.76. The summed E-state index contributed by atoms with van der Waals surface area (Å²) in [6.07, 6.45) is 4.24. The molecule has 0 spiro atoms. The first-order valence-electron chi connectivity index (χ1n) is 7.81. The summed E-state index contributed by atoms with van der Waals surface area (Å²) in [5.74, 6) is 0.797. The average molecular weight is 274 g/mol. The van der Waals surface area contributed by atoms with Crippen molar-refractivity contribution in [1.82, 2.24) is 10.2 Å². The Bertz CT molecular complexity index is 399. The van der Waals surface area contributed by atoms with Crippen molar-refractivity contribution < 1.29 is 4.79 Å². The van der Waals surface area contributed by atoms with Gasteiger partial charge < -0.3 is 10.2 Å². The van der Waals surface area contributed by atoms with E-state index in [9.17, 15) is 4.79 Å². The second-order valence-electron chi connectivity index (χ2n) is 5.71. The SMILES string of the molecule is CC(CNCCC(=O)N1CCCCC1)c1ccccc1. The van der Waals surface area contributed by atoms with Crippen LogP contribution in [0.2, 0.25) is 0 Å². The molecule has 110 valence electrons. The quantitative estimate of drug-likeness (QED) is 0.809. The van der Waals surface area contributed by atoms with Gasteiger partial charge in [-0.1, -0.05) is 37.3 Å². The highest BCUT2D eigenvalue weighted by Gasteiger charge is 2.15. The summed E-state index contributed by atoms with van der Waals surface area (Å²) < 4.78 is 0. The van der Waals surface area contributed by atoms with Crippen LogP contribution >= 0.6 is 0 Å². The monoisotopic (exact) mass is 274 g/mol. The van der Waals surface area contributed by atoms with Crippen molar-refractivity contribution in [2.24, 2.45) is 0 Å². The molecule has 1 unspecified atom stereocenters. The van der Waals surface area contributed by atoms with Crippen molar-refractivity contribution in [3.8, 4) is 0 Å². The maximum Gasteiger partial charge on any atom is 0.223 e. The lowest BCUT2D eigenvalue weighted by molar-refractivity contribution is -0.131. The number of benzene rings is 1. The Morgan fingerprint density at radius 1 is 1.20 bits per heavy atom. The first-order valence-corrected chi connectivity index (χ1v) is 7.81. The third-order valence-electron chi connectivity index (χ3n) is 4.04. The summed E-state index contributed by atoms with van der Waals surface area (Å²) in [6, 6.07) is 10.5. The molecule has 1 atom stereocenters. The first-order chi connectivity index (χ1) is 9.77. The van der Waals surface area contributed by atoms with E-state index in [4.69, 9.17) is 0 Å². The van der Waals surface area contributed by atoms with Crippen LogP contribution in [0.5, 0.6) is 0 Å². The van der Waals surface area contributed by atoms with Crippen molar-refractivity contribution in [2.75, 3.05) is 26.2 Å². The van der Waals surface area contributed by atoms with Gasteiger partial charge in [-0.25, -0.2) is 0 Å². The minimum Gasteiger partial charge on any atom is -0.343 e. The van der Waals surface area contributed by atoms with Crippen molar-refractivity contribution in [1.29, 1.82) is 0 Å². The second kappa shape index (κ2) is 8.05. The molecule has 2 rings (SSSR count). The van der Waals surface area contributed by atoms with Crippen molar-refractivity contribution in [3.63, 3.8) is 0 Å². The topological polar surface area (TPSA) is 32.3 Å². The van der Waals surface area contributed by atoms with Gasteiger partial charge in [0, 0.05) is 32.6 Å². The fourth-order valence-corrected chi connectivity index (χ4v) is 2.71. The van der Waals surface area contributed by atoms with Crippen LogP contribution in [0, 0.1) is 0 Å². The Hall–Kier alpha value is -1.35. The van der Waals surface area contributed by atoms with Gasteiger partial charge in [0.1, 0.15) is 0 Å². The van der Waals surface area contributed by atoms with Gasteiger partial charge in [-0.15, -0.1) is 0 Å². The van der Waals surface area contributed by atoms with E-state index < -0.39 is 0 Å². The molecule has 1 fully saturated rings. The molecule has 1 amide bonds. The molecule has 3 nitrogen and oxygen atoms in total. The standard InChI is InChI=1S/C17H26N2O/c1-15(16-8-4-2-5-9-16)14-18-11-10-17(20)19-12-6-3-7-13-19/h2,4-5,8-9,15,18H,3,6-7,10-14H2,1H3. The number of rotatable bonds is 6. The number of nitrogens with zero attached hydrogens (tertiary/aromatic N) is 1. The summed E-state index contributed by atoms with van der Waals surface area (Å²) >= 11 is 0. The maximum absolute atomic E-state index is 12.0. The van der Waals surface area contributed by atoms with E-state index in [0.717, 1.165) is 26.2 Å². The van der Waals surface area contributed by atoms with Crippen molar-refractivity contribution in [3.05, 3.63) is 35.9 Å². The zero-order chi connectivity index (χ0) is 14.2. The Morgan fingerprint density at radius 2 is 1.90 bits per heavy atom. The number of amides is 1. The number of hydrogen-bond donors (Lipinski definition) is 1. The van der Waals surface area contributed by atoms with Gasteiger partial charge in [0.2, 0.25) is 5.91 Å². The van der Waals surface area contributed by atoms with Crippen molar-refractivity contribution >= 4 is 5.91 Å². The van der Waals surface area contributed by atoms with Gasteiger partial charge in [0.05, 0.1) is 0 Å². The largest absolute Gasteiger partial charge is 0.343 e. The van der Waals surface area contributed by atoms with Gasteiger partial charge in [-0.3, -0.25) is 4.79 Å². The van der Waals surface area contributed by atoms with Gasteiger partial charge in [0.25, 0.3) is 0 Å². The van der Waals surface area contributed by atoms with Crippen LogP contribution in [-0.2, 0) is 4.79 Å². The minimum atomic E-state index is 0.310. The smallest absolute Gasteiger partial charge is 0.223 e. The van der Waals surface area contributed by atoms with E-state index in [0.29, 0.717) is 18.2 Å². The predicted molar refractivity (Wildman–Crippen MR) is 82.8 cm³/mol. The van der Waals surface area contributed by atoms with Gasteiger partial charge >= 0.3 is 0 Å². The van der Waals surface area contributed by atoms with E-state index in [1.807, 2.05) is 11.0 Å². The molecule has 0 bridgehead atoms. The lowest BCUT2D eigenvalue weighted by Crippen LogP contribution is -2.37. The fourth-order valence-electron chi connectivity index (χ4n) is 2.71. The van der Waals surface area contributed by atoms with Crippen LogP contribution in [0.3, 0.4) is 0 Å². The van der Waals surface area contributed by atoms with Crippen LogP contribution < -0.4 is 5.32 Å². The summed E-state index contributed by atoms with van der Waals surface area (Å²) in [4.78, 5) is 14.0. The number of carbonyl (C=O) groups is 1. The number of carbonyl (C=O) groups excluding carboxylic acids is 1. The molecule has 1 saturated heterocycles. The van der Waals surface area contributed by atoms with Crippen LogP contribution in [0.4, 0.5) is 0 Å². The Balaban J connectivity index is 1.62. The van der Waals surface area contributed by atoms with Crippen LogP contribution in [0.25, 0.3) is 0 Å². The lowest BCUT2D eigenvalue weighted by Gasteiger charge is -2.26. The Morgan fingerprint density at radius 3 is 2.60 bits per heavy atom. The van der Waals surface area contributed by atoms with E-state index in [2.05, 4.69) is 36.5 Å². The first kappa shape index (κ1) is 15.0. The number of likely N-dealkylation sites (tertiary alicyclic amines) is 1. The van der Waals surface area contributed by atoms with Crippen LogP contribution in [0.1, 0.15) is 44.1 Å². The van der Waals surface area contributed by atoms with Gasteiger partial charge in [0.15, 0.2) is 0 Å². The van der Waals surface area contributed by atoms with Crippen molar-refractivity contribution in [2.45, 2.75) is 38.5 Å². The molecule has 1 N–H and O–H groups in total. The van der Waals surface area contributed by atoms with E-state index >= 15 is 0 Å². The molecule has 0 aliphatic carbocycles. The highest BCUT2D eigenvalue weighted by atomic mass is 16.2. The molecule has 20 heavy (non-hydrogen) atoms. The number of nitrogens with one attached hydrogen (secondary N) is 1. The lowest BCUT2D eigenvalue weighted by atomic mass is 10.0. The Labute approximate surface area is 122 Å². The summed E-state index contributed by atoms with van der Waals surface area (Å²) in [5, 5.41) is 3.41. The summed E-state index contributed by atoms with van der Waals surface area (Å²) in [6.45, 7) is 5.84. The molecule has 1 aromatic rings. The highest BCUT2D eigenvalue weighted by Crippen LogP contribution is 2.13.